The van der Waals surface area contributed by atoms with Crippen LogP contribution in [0.5, 0.6) is 0 Å². The predicted octanol–water partition coefficient (Wildman–Crippen LogP) is 3.26. The van der Waals surface area contributed by atoms with Crippen molar-refractivity contribution in [2.24, 2.45) is 0 Å². The lowest BCUT2D eigenvalue weighted by Gasteiger charge is -2.36. The number of rotatable bonds is 9. The number of carbonyl (C=O) groups excluding carboxylic acids is 3. The summed E-state index contributed by atoms with van der Waals surface area (Å²) >= 11 is 0. The van der Waals surface area contributed by atoms with Gasteiger partial charge in [0.05, 0.1) is 11.5 Å². The van der Waals surface area contributed by atoms with E-state index in [0.717, 1.165) is 12.8 Å². The highest BCUT2D eigenvalue weighted by Crippen LogP contribution is 2.36. The number of ketones is 1. The normalized spacial score (nSPS) is 18.1. The Kier molecular flexibility index (Phi) is 6.79. The van der Waals surface area contributed by atoms with Crippen LogP contribution in [-0.2, 0) is 16.1 Å². The SMILES string of the molecule is CCCCNC(=O)C1(C(=O)c2ccccc2)CCC(=O)N1Cc1ccccc1[N+](=O)[O-]. The molecule has 1 aliphatic heterocycles. The number of carbonyl (C=O) groups is 3. The Balaban J connectivity index is 2.05. The monoisotopic (exact) mass is 423 g/mol. The first-order chi connectivity index (χ1) is 14.9. The zero-order valence-corrected chi connectivity index (χ0v) is 17.4. The highest BCUT2D eigenvalue weighted by molar-refractivity contribution is 6.20. The fourth-order valence-corrected chi connectivity index (χ4v) is 3.92. The Hall–Kier alpha value is -3.55. The summed E-state index contributed by atoms with van der Waals surface area (Å²) in [5.41, 5.74) is -1.31. The minimum atomic E-state index is -1.74. The highest BCUT2D eigenvalue weighted by atomic mass is 16.6. The zero-order chi connectivity index (χ0) is 22.4. The Morgan fingerprint density at radius 1 is 1.13 bits per heavy atom. The van der Waals surface area contributed by atoms with Gasteiger partial charge in [-0.05, 0) is 12.8 Å². The van der Waals surface area contributed by atoms with Crippen LogP contribution in [-0.4, -0.2) is 39.5 Å². The number of hydrogen-bond donors (Lipinski definition) is 1. The van der Waals surface area contributed by atoms with Crippen molar-refractivity contribution in [3.05, 3.63) is 75.8 Å². The lowest BCUT2D eigenvalue weighted by molar-refractivity contribution is -0.385. The van der Waals surface area contributed by atoms with Crippen LogP contribution in [0, 0.1) is 10.1 Å². The molecule has 2 amide bonds. The van der Waals surface area contributed by atoms with Gasteiger partial charge in [-0.25, -0.2) is 0 Å². The summed E-state index contributed by atoms with van der Waals surface area (Å²) in [6.07, 6.45) is 1.64. The van der Waals surface area contributed by atoms with Crippen LogP contribution in [0.4, 0.5) is 5.69 Å². The number of benzene rings is 2. The van der Waals surface area contributed by atoms with Crippen LogP contribution in [0.25, 0.3) is 0 Å². The first-order valence-electron chi connectivity index (χ1n) is 10.3. The summed E-state index contributed by atoms with van der Waals surface area (Å²) in [6.45, 7) is 2.17. The van der Waals surface area contributed by atoms with Crippen LogP contribution in [0.3, 0.4) is 0 Å². The molecule has 0 aliphatic carbocycles. The molecule has 2 aromatic rings. The molecule has 162 valence electrons. The van der Waals surface area contributed by atoms with Crippen molar-refractivity contribution >= 4 is 23.3 Å². The van der Waals surface area contributed by atoms with E-state index in [-0.39, 0.29) is 36.5 Å². The van der Waals surface area contributed by atoms with Crippen LogP contribution in [0.1, 0.15) is 48.5 Å². The lowest BCUT2D eigenvalue weighted by Crippen LogP contribution is -2.61. The summed E-state index contributed by atoms with van der Waals surface area (Å²) in [4.78, 5) is 52.0. The van der Waals surface area contributed by atoms with Crippen molar-refractivity contribution in [1.29, 1.82) is 0 Å². The minimum absolute atomic E-state index is 0.0143. The lowest BCUT2D eigenvalue weighted by atomic mass is 9.85. The van der Waals surface area contributed by atoms with Crippen molar-refractivity contribution in [3.8, 4) is 0 Å². The Labute approximate surface area is 180 Å². The second-order valence-corrected chi connectivity index (χ2v) is 7.53. The van der Waals surface area contributed by atoms with Crippen molar-refractivity contribution < 1.29 is 19.3 Å². The fraction of sp³-hybridized carbons (Fsp3) is 0.348. The second kappa shape index (κ2) is 9.51. The number of nitro groups is 1. The fourth-order valence-electron chi connectivity index (χ4n) is 3.92. The molecule has 1 aliphatic rings. The summed E-state index contributed by atoms with van der Waals surface area (Å²) < 4.78 is 0. The summed E-state index contributed by atoms with van der Waals surface area (Å²) in [5, 5.41) is 14.3. The van der Waals surface area contributed by atoms with E-state index in [1.165, 1.54) is 23.1 Å². The zero-order valence-electron chi connectivity index (χ0n) is 17.4. The van der Waals surface area contributed by atoms with Gasteiger partial charge in [0.15, 0.2) is 11.3 Å². The van der Waals surface area contributed by atoms with E-state index < -0.39 is 22.2 Å². The first kappa shape index (κ1) is 22.1. The van der Waals surface area contributed by atoms with E-state index in [1.807, 2.05) is 6.92 Å². The summed E-state index contributed by atoms with van der Waals surface area (Å²) in [7, 11) is 0. The number of para-hydroxylation sites is 1. The molecular formula is C23H25N3O5. The molecule has 1 saturated heterocycles. The van der Waals surface area contributed by atoms with Crippen molar-refractivity contribution in [2.45, 2.75) is 44.7 Å². The van der Waals surface area contributed by atoms with Crippen molar-refractivity contribution in [1.82, 2.24) is 10.2 Å². The second-order valence-electron chi connectivity index (χ2n) is 7.53. The molecule has 0 aromatic heterocycles. The molecule has 1 N–H and O–H groups in total. The first-order valence-corrected chi connectivity index (χ1v) is 10.3. The van der Waals surface area contributed by atoms with Crippen molar-refractivity contribution in [2.75, 3.05) is 6.54 Å². The predicted molar refractivity (Wildman–Crippen MR) is 114 cm³/mol. The van der Waals surface area contributed by atoms with Gasteiger partial charge in [0.1, 0.15) is 0 Å². The molecule has 0 radical (unpaired) electrons. The average Bonchev–Trinajstić information content (AvgIpc) is 3.11. The Bertz CT molecular complexity index is 992. The van der Waals surface area contributed by atoms with Gasteiger partial charge in [0.2, 0.25) is 5.91 Å². The molecule has 1 fully saturated rings. The molecule has 1 unspecified atom stereocenters. The van der Waals surface area contributed by atoms with Crippen molar-refractivity contribution in [3.63, 3.8) is 0 Å². The number of nitrogens with zero attached hydrogens (tertiary/aromatic N) is 2. The summed E-state index contributed by atoms with van der Waals surface area (Å²) in [5.74, 6) is -1.40. The Morgan fingerprint density at radius 2 is 1.81 bits per heavy atom. The van der Waals surface area contributed by atoms with Gasteiger partial charge in [-0.2, -0.15) is 0 Å². The van der Waals surface area contributed by atoms with Crippen LogP contribution in [0.2, 0.25) is 0 Å². The maximum Gasteiger partial charge on any atom is 0.274 e. The third-order valence-corrected chi connectivity index (χ3v) is 5.58. The largest absolute Gasteiger partial charge is 0.354 e. The average molecular weight is 423 g/mol. The molecule has 31 heavy (non-hydrogen) atoms. The van der Waals surface area contributed by atoms with Crippen LogP contribution < -0.4 is 5.32 Å². The number of likely N-dealkylation sites (tertiary alicyclic amines) is 1. The van der Waals surface area contributed by atoms with Gasteiger partial charge in [0, 0.05) is 30.2 Å². The Morgan fingerprint density at radius 3 is 2.48 bits per heavy atom. The number of Topliss-reactive ketones (excluding diaryl/α,β-unsaturated/α-hetero) is 1. The molecule has 1 heterocycles. The minimum Gasteiger partial charge on any atom is -0.354 e. The van der Waals surface area contributed by atoms with Gasteiger partial charge >= 0.3 is 0 Å². The topological polar surface area (TPSA) is 110 Å². The number of nitro benzene ring substituents is 1. The van der Waals surface area contributed by atoms with Gasteiger partial charge < -0.3 is 10.2 Å². The summed E-state index contributed by atoms with van der Waals surface area (Å²) in [6, 6.07) is 14.4. The van der Waals surface area contributed by atoms with E-state index in [9.17, 15) is 24.5 Å². The third kappa shape index (κ3) is 4.33. The molecule has 8 heteroatoms. The quantitative estimate of drug-likeness (QED) is 0.219. The van der Waals surface area contributed by atoms with E-state index in [1.54, 1.807) is 36.4 Å². The maximum atomic E-state index is 13.6. The van der Waals surface area contributed by atoms with E-state index in [0.29, 0.717) is 12.1 Å². The molecule has 2 aromatic carbocycles. The van der Waals surface area contributed by atoms with Gasteiger partial charge in [-0.1, -0.05) is 61.9 Å². The van der Waals surface area contributed by atoms with Crippen LogP contribution in [0.15, 0.2) is 54.6 Å². The van der Waals surface area contributed by atoms with Gasteiger partial charge in [0.25, 0.3) is 11.6 Å². The van der Waals surface area contributed by atoms with Crippen LogP contribution >= 0.6 is 0 Å². The van der Waals surface area contributed by atoms with Gasteiger partial charge in [-0.15, -0.1) is 0 Å². The van der Waals surface area contributed by atoms with E-state index >= 15 is 0 Å². The van der Waals surface area contributed by atoms with Gasteiger partial charge in [-0.3, -0.25) is 24.5 Å². The molecule has 1 atom stereocenters. The molecular weight excluding hydrogens is 398 g/mol. The molecule has 0 spiro atoms. The maximum absolute atomic E-state index is 13.6. The smallest absolute Gasteiger partial charge is 0.274 e. The molecule has 3 rings (SSSR count). The number of hydrogen-bond acceptors (Lipinski definition) is 5. The number of amides is 2. The van der Waals surface area contributed by atoms with E-state index in [2.05, 4.69) is 5.32 Å². The standard InChI is InChI=1S/C23H25N3O5/c1-2-3-15-24-22(29)23(21(28)17-9-5-4-6-10-17)14-13-20(27)25(23)16-18-11-7-8-12-19(18)26(30)31/h4-12H,2-3,13-16H2,1H3,(H,24,29). The molecule has 0 bridgehead atoms. The molecule has 8 nitrogen and oxygen atoms in total. The van der Waals surface area contributed by atoms with E-state index in [4.69, 9.17) is 0 Å². The third-order valence-electron chi connectivity index (χ3n) is 5.58. The number of nitrogens with one attached hydrogen (secondary N) is 1. The molecule has 0 saturated carbocycles. The highest BCUT2D eigenvalue weighted by Gasteiger charge is 2.56. The number of unbranched alkanes of at least 4 members (excludes halogenated alkanes) is 1.